The third-order valence-corrected chi connectivity index (χ3v) is 5.93. The summed E-state index contributed by atoms with van der Waals surface area (Å²) >= 11 is 6.18. The summed E-state index contributed by atoms with van der Waals surface area (Å²) in [6.45, 7) is -1.06. The smallest absolute Gasteiger partial charge is 0.332 e. The van der Waals surface area contributed by atoms with Crippen molar-refractivity contribution in [3.8, 4) is 17.2 Å². The molecule has 12 heteroatoms. The van der Waals surface area contributed by atoms with Gasteiger partial charge in [-0.25, -0.2) is 4.79 Å². The van der Waals surface area contributed by atoms with Gasteiger partial charge >= 0.3 is 5.69 Å². The molecule has 0 radical (unpaired) electrons. The number of hydrogen-bond donors (Lipinski definition) is 3. The number of phenolic OH excluding ortho intramolecular Hbond substituents is 1. The molecule has 196 valence electrons. The van der Waals surface area contributed by atoms with E-state index in [1.807, 2.05) is 0 Å². The van der Waals surface area contributed by atoms with Crippen molar-refractivity contribution < 1.29 is 24.2 Å². The van der Waals surface area contributed by atoms with Crippen molar-refractivity contribution >= 4 is 45.7 Å². The number of halogens is 1. The molecule has 3 aromatic carbocycles. The fourth-order valence-electron chi connectivity index (χ4n) is 3.84. The molecule has 0 fully saturated rings. The van der Waals surface area contributed by atoms with Crippen LogP contribution < -0.4 is 31.4 Å². The Kier molecular flexibility index (Phi) is 7.68. The molecule has 0 aliphatic carbocycles. The van der Waals surface area contributed by atoms with E-state index in [-0.39, 0.29) is 33.1 Å². The van der Waals surface area contributed by atoms with Gasteiger partial charge in [-0.2, -0.15) is 0 Å². The summed E-state index contributed by atoms with van der Waals surface area (Å²) in [7, 11) is 2.85. The molecule has 11 nitrogen and oxygen atoms in total. The molecule has 0 atom stereocenters. The van der Waals surface area contributed by atoms with Crippen LogP contribution in [0.25, 0.3) is 10.9 Å². The van der Waals surface area contributed by atoms with Gasteiger partial charge in [-0.05, 0) is 42.5 Å². The van der Waals surface area contributed by atoms with Crippen molar-refractivity contribution in [1.29, 1.82) is 0 Å². The minimum atomic E-state index is -0.843. The minimum Gasteiger partial charge on any atom is -0.508 e. The van der Waals surface area contributed by atoms with Gasteiger partial charge < -0.3 is 25.2 Å². The normalized spacial score (nSPS) is 10.7. The number of amides is 2. The van der Waals surface area contributed by atoms with Crippen LogP contribution in [-0.4, -0.2) is 40.3 Å². The molecule has 1 aromatic heterocycles. The van der Waals surface area contributed by atoms with Gasteiger partial charge in [0.05, 0.1) is 35.8 Å². The van der Waals surface area contributed by atoms with Gasteiger partial charge in [0.15, 0.2) is 0 Å². The van der Waals surface area contributed by atoms with Crippen LogP contribution in [0.2, 0.25) is 5.02 Å². The molecule has 3 N–H and O–H groups in total. The molecule has 1 heterocycles. The number of hydrogen-bond acceptors (Lipinski definition) is 7. The van der Waals surface area contributed by atoms with Crippen LogP contribution in [-0.2, 0) is 22.7 Å². The predicted octanol–water partition coefficient (Wildman–Crippen LogP) is 2.82. The van der Waals surface area contributed by atoms with E-state index in [4.69, 9.17) is 21.1 Å². The molecule has 4 rings (SSSR count). The average molecular weight is 539 g/mol. The monoisotopic (exact) mass is 538 g/mol. The highest BCUT2D eigenvalue weighted by Gasteiger charge is 2.19. The highest BCUT2D eigenvalue weighted by Crippen LogP contribution is 2.35. The number of nitrogens with zero attached hydrogens (tertiary/aromatic N) is 2. The Balaban J connectivity index is 1.66. The van der Waals surface area contributed by atoms with Crippen LogP contribution in [0.15, 0.2) is 70.3 Å². The number of fused-ring (bicyclic) bond motifs is 1. The van der Waals surface area contributed by atoms with Crippen molar-refractivity contribution in [1.82, 2.24) is 9.13 Å². The Labute approximate surface area is 220 Å². The third kappa shape index (κ3) is 5.47. The van der Waals surface area contributed by atoms with Crippen LogP contribution in [0, 0.1) is 0 Å². The molecular weight excluding hydrogens is 516 g/mol. The number of phenols is 1. The number of para-hydroxylation sites is 1. The summed E-state index contributed by atoms with van der Waals surface area (Å²) in [5.41, 5.74) is -0.667. The van der Waals surface area contributed by atoms with Crippen molar-refractivity contribution in [3.63, 3.8) is 0 Å². The van der Waals surface area contributed by atoms with Gasteiger partial charge in [0, 0.05) is 11.8 Å². The van der Waals surface area contributed by atoms with Crippen molar-refractivity contribution in [2.24, 2.45) is 0 Å². The quantitative estimate of drug-likeness (QED) is 0.293. The second-order valence-corrected chi connectivity index (χ2v) is 8.51. The van der Waals surface area contributed by atoms with Crippen LogP contribution in [0.3, 0.4) is 0 Å². The van der Waals surface area contributed by atoms with Gasteiger partial charge in [0.1, 0.15) is 30.3 Å². The first-order valence-corrected chi connectivity index (χ1v) is 11.6. The molecule has 0 saturated carbocycles. The van der Waals surface area contributed by atoms with Crippen LogP contribution in [0.1, 0.15) is 0 Å². The molecular formula is C26H23ClN4O7. The number of rotatable bonds is 8. The van der Waals surface area contributed by atoms with E-state index < -0.39 is 36.2 Å². The Morgan fingerprint density at radius 1 is 0.868 bits per heavy atom. The van der Waals surface area contributed by atoms with Crippen molar-refractivity contribution in [2.45, 2.75) is 13.1 Å². The van der Waals surface area contributed by atoms with Crippen LogP contribution >= 0.6 is 11.6 Å². The Morgan fingerprint density at radius 2 is 1.50 bits per heavy atom. The molecule has 0 saturated heterocycles. The van der Waals surface area contributed by atoms with Gasteiger partial charge in [-0.3, -0.25) is 23.5 Å². The maximum atomic E-state index is 13.4. The third-order valence-electron chi connectivity index (χ3n) is 5.63. The first kappa shape index (κ1) is 26.3. The maximum absolute atomic E-state index is 13.4. The van der Waals surface area contributed by atoms with E-state index in [0.717, 1.165) is 9.13 Å². The van der Waals surface area contributed by atoms with Gasteiger partial charge in [-0.15, -0.1) is 0 Å². The van der Waals surface area contributed by atoms with Gasteiger partial charge in [0.25, 0.3) is 5.56 Å². The summed E-state index contributed by atoms with van der Waals surface area (Å²) in [4.78, 5) is 52.1. The predicted molar refractivity (Wildman–Crippen MR) is 142 cm³/mol. The van der Waals surface area contributed by atoms with E-state index in [9.17, 15) is 24.3 Å². The van der Waals surface area contributed by atoms with Gasteiger partial charge in [0.2, 0.25) is 11.8 Å². The number of methoxy groups -OCH3 is 2. The SMILES string of the molecule is COc1cc(OC)c(NC(=O)Cn2c(=O)n(CC(=O)Nc3ccc(O)cc3)c(=O)c3ccccc32)cc1Cl. The number of carbonyl (C=O) groups excluding carboxylic acids is 2. The van der Waals surface area contributed by atoms with Crippen molar-refractivity contribution in [3.05, 3.63) is 86.5 Å². The summed E-state index contributed by atoms with van der Waals surface area (Å²) < 4.78 is 12.3. The van der Waals surface area contributed by atoms with Crippen LogP contribution in [0.4, 0.5) is 11.4 Å². The lowest BCUT2D eigenvalue weighted by atomic mass is 10.2. The first-order valence-electron chi connectivity index (χ1n) is 11.2. The Hall–Kier alpha value is -4.77. The average Bonchev–Trinajstić information content (AvgIpc) is 2.90. The topological polar surface area (TPSA) is 141 Å². The maximum Gasteiger partial charge on any atom is 0.332 e. The Bertz CT molecular complexity index is 1640. The summed E-state index contributed by atoms with van der Waals surface area (Å²) in [6.07, 6.45) is 0. The summed E-state index contributed by atoms with van der Waals surface area (Å²) in [6, 6.07) is 15.0. The highest BCUT2D eigenvalue weighted by atomic mass is 35.5. The first-order chi connectivity index (χ1) is 18.2. The molecule has 0 spiro atoms. The highest BCUT2D eigenvalue weighted by molar-refractivity contribution is 6.32. The number of nitrogens with one attached hydrogen (secondary N) is 2. The standard InChI is InChI=1S/C26H23ClN4O7/c1-37-21-12-22(38-2)19(11-18(21)27)29-24(34)13-30-20-6-4-3-5-17(20)25(35)31(26(30)36)14-23(33)28-15-7-9-16(32)10-8-15/h3-12,32H,13-14H2,1-2H3,(H,28,33)(H,29,34). The lowest BCUT2D eigenvalue weighted by Gasteiger charge is -2.16. The summed E-state index contributed by atoms with van der Waals surface area (Å²) in [5.74, 6) is -0.590. The van der Waals surface area contributed by atoms with E-state index in [1.54, 1.807) is 12.1 Å². The number of ether oxygens (including phenoxy) is 2. The number of aromatic hydroxyl groups is 1. The number of anilines is 2. The van der Waals surface area contributed by atoms with E-state index >= 15 is 0 Å². The molecule has 38 heavy (non-hydrogen) atoms. The fraction of sp³-hybridized carbons (Fsp3) is 0.154. The van der Waals surface area contributed by atoms with Crippen LogP contribution in [0.5, 0.6) is 17.2 Å². The Morgan fingerprint density at radius 3 is 2.18 bits per heavy atom. The molecule has 0 aliphatic rings. The zero-order valence-electron chi connectivity index (χ0n) is 20.4. The van der Waals surface area contributed by atoms with E-state index in [1.165, 1.54) is 62.8 Å². The lowest BCUT2D eigenvalue weighted by molar-refractivity contribution is -0.117. The van der Waals surface area contributed by atoms with E-state index in [0.29, 0.717) is 11.4 Å². The molecule has 0 unspecified atom stereocenters. The number of aromatic nitrogens is 2. The fourth-order valence-corrected chi connectivity index (χ4v) is 4.08. The lowest BCUT2D eigenvalue weighted by Crippen LogP contribution is -2.44. The zero-order valence-corrected chi connectivity index (χ0v) is 21.1. The molecule has 0 bridgehead atoms. The summed E-state index contributed by atoms with van der Waals surface area (Å²) in [5, 5.41) is 15.0. The van der Waals surface area contributed by atoms with Crippen molar-refractivity contribution in [2.75, 3.05) is 24.9 Å². The van der Waals surface area contributed by atoms with Gasteiger partial charge in [-0.1, -0.05) is 23.7 Å². The molecule has 2 amide bonds. The second kappa shape index (κ2) is 11.1. The number of carbonyl (C=O) groups is 2. The molecule has 4 aromatic rings. The second-order valence-electron chi connectivity index (χ2n) is 8.11. The largest absolute Gasteiger partial charge is 0.508 e. The zero-order chi connectivity index (χ0) is 27.4. The number of benzene rings is 3. The minimum absolute atomic E-state index is 0.0180. The molecule has 0 aliphatic heterocycles. The van der Waals surface area contributed by atoms with E-state index in [2.05, 4.69) is 10.6 Å².